The predicted molar refractivity (Wildman–Crippen MR) is 117 cm³/mol. The van der Waals surface area contributed by atoms with E-state index in [9.17, 15) is 18.0 Å². The summed E-state index contributed by atoms with van der Waals surface area (Å²) in [6.07, 6.45) is -1.00. The average Bonchev–Trinajstić information content (AvgIpc) is 2.80. The van der Waals surface area contributed by atoms with Crippen LogP contribution in [0.15, 0.2) is 47.4 Å². The summed E-state index contributed by atoms with van der Waals surface area (Å²) in [5.74, 6) is -0.183. The van der Waals surface area contributed by atoms with Gasteiger partial charge in [-0.05, 0) is 42.8 Å². The number of rotatable bonds is 7. The molecule has 0 N–H and O–H groups in total. The number of likely N-dealkylation sites (N-methyl/N-ethyl adjacent to an activating group) is 1. The van der Waals surface area contributed by atoms with Gasteiger partial charge in [-0.15, -0.1) is 0 Å². The lowest BCUT2D eigenvalue weighted by Crippen LogP contribution is -2.50. The number of anilines is 1. The lowest BCUT2D eigenvalue weighted by molar-refractivity contribution is -0.148. The van der Waals surface area contributed by atoms with Gasteiger partial charge in [-0.1, -0.05) is 19.1 Å². The molecule has 172 valence electrons. The number of esters is 1. The van der Waals surface area contributed by atoms with Crippen molar-refractivity contribution in [2.75, 3.05) is 38.8 Å². The fourth-order valence-corrected chi connectivity index (χ4v) is 4.97. The van der Waals surface area contributed by atoms with Crippen LogP contribution in [0.5, 0.6) is 11.5 Å². The lowest BCUT2D eigenvalue weighted by Gasteiger charge is -2.34. The quantitative estimate of drug-likeness (QED) is 0.580. The topological polar surface area (TPSA) is 102 Å². The third-order valence-corrected chi connectivity index (χ3v) is 7.12. The highest BCUT2D eigenvalue weighted by Gasteiger charge is 2.36. The number of aryl methyl sites for hydroxylation is 1. The van der Waals surface area contributed by atoms with Gasteiger partial charge in [0.25, 0.3) is 0 Å². The maximum absolute atomic E-state index is 13.2. The van der Waals surface area contributed by atoms with Crippen molar-refractivity contribution in [3.8, 4) is 11.5 Å². The second kappa shape index (κ2) is 9.58. The predicted octanol–water partition coefficient (Wildman–Crippen LogP) is 1.98. The van der Waals surface area contributed by atoms with Crippen LogP contribution < -0.4 is 14.4 Å². The van der Waals surface area contributed by atoms with Crippen LogP contribution >= 0.6 is 0 Å². The maximum Gasteiger partial charge on any atom is 0.348 e. The molecule has 1 heterocycles. The highest BCUT2D eigenvalue weighted by molar-refractivity contribution is 7.89. The molecule has 2 aromatic carbocycles. The average molecular weight is 463 g/mol. The van der Waals surface area contributed by atoms with Crippen LogP contribution in [0.4, 0.5) is 5.69 Å². The number of ether oxygens (including phenoxy) is 3. The molecule has 2 aromatic rings. The van der Waals surface area contributed by atoms with Crippen LogP contribution in [0, 0.1) is 6.92 Å². The number of benzene rings is 2. The molecule has 3 rings (SSSR count). The van der Waals surface area contributed by atoms with Gasteiger partial charge in [0.2, 0.25) is 22.0 Å². The number of methoxy groups -OCH3 is 2. The Bertz CT molecular complexity index is 1120. The number of carbonyl (C=O) groups excluding carboxylic acids is 2. The summed E-state index contributed by atoms with van der Waals surface area (Å²) in [6, 6.07) is 11.3. The molecule has 0 aliphatic carbocycles. The molecule has 0 aromatic heterocycles. The Morgan fingerprint density at radius 3 is 2.53 bits per heavy atom. The molecule has 32 heavy (non-hydrogen) atoms. The zero-order chi connectivity index (χ0) is 23.5. The number of amides is 1. The smallest absolute Gasteiger partial charge is 0.348 e. The third kappa shape index (κ3) is 4.56. The van der Waals surface area contributed by atoms with Gasteiger partial charge in [-0.3, -0.25) is 4.79 Å². The highest BCUT2D eigenvalue weighted by Crippen LogP contribution is 2.34. The first-order chi connectivity index (χ1) is 15.2. The van der Waals surface area contributed by atoms with Gasteiger partial charge in [0.15, 0.2) is 0 Å². The van der Waals surface area contributed by atoms with Gasteiger partial charge in [0.1, 0.15) is 11.5 Å². The number of hydrogen-bond acceptors (Lipinski definition) is 7. The van der Waals surface area contributed by atoms with Crippen molar-refractivity contribution in [1.29, 1.82) is 0 Å². The molecule has 1 aliphatic rings. The molecule has 1 atom stereocenters. The minimum atomic E-state index is -3.94. The molecule has 0 bridgehead atoms. The molecule has 1 unspecified atom stereocenters. The zero-order valence-electron chi connectivity index (χ0n) is 18.4. The fraction of sp³-hybridized carbons (Fsp3) is 0.364. The third-order valence-electron chi connectivity index (χ3n) is 5.21. The molecular formula is C22H26N2O7S. The standard InChI is InChI=1S/C22H26N2O7S/c1-5-23(32(27,28)16-10-11-18(29-3)15(2)12-16)14-21(25)24-13-20(22(26)30-4)31-19-9-7-6-8-17(19)24/h6-12,20H,5,13-14H2,1-4H3. The Labute approximate surface area is 187 Å². The minimum Gasteiger partial charge on any atom is -0.496 e. The number of fused-ring (bicyclic) bond motifs is 1. The molecule has 0 spiro atoms. The van der Waals surface area contributed by atoms with E-state index in [1.807, 2.05) is 0 Å². The molecule has 0 saturated carbocycles. The van der Waals surface area contributed by atoms with Gasteiger partial charge in [0.05, 0.1) is 37.9 Å². The Hall–Kier alpha value is -3.11. The van der Waals surface area contributed by atoms with Gasteiger partial charge in [0, 0.05) is 6.54 Å². The molecule has 1 aliphatic heterocycles. The molecule has 0 saturated heterocycles. The van der Waals surface area contributed by atoms with Gasteiger partial charge >= 0.3 is 5.97 Å². The molecular weight excluding hydrogens is 436 g/mol. The van der Waals surface area contributed by atoms with Crippen LogP contribution in [-0.2, 0) is 24.3 Å². The summed E-state index contributed by atoms with van der Waals surface area (Å²) >= 11 is 0. The number of nitrogens with zero attached hydrogens (tertiary/aromatic N) is 2. The molecule has 9 nitrogen and oxygen atoms in total. The molecule has 0 fully saturated rings. The summed E-state index contributed by atoms with van der Waals surface area (Å²) in [6.45, 7) is 3.02. The Balaban J connectivity index is 1.88. The van der Waals surface area contributed by atoms with Crippen molar-refractivity contribution in [3.05, 3.63) is 48.0 Å². The Morgan fingerprint density at radius 1 is 1.19 bits per heavy atom. The van der Waals surface area contributed by atoms with E-state index in [0.717, 1.165) is 4.31 Å². The lowest BCUT2D eigenvalue weighted by atomic mass is 10.2. The van der Waals surface area contributed by atoms with E-state index >= 15 is 0 Å². The monoisotopic (exact) mass is 462 g/mol. The van der Waals surface area contributed by atoms with E-state index in [0.29, 0.717) is 22.7 Å². The van der Waals surface area contributed by atoms with E-state index < -0.39 is 34.5 Å². The van der Waals surface area contributed by atoms with Crippen LogP contribution in [-0.4, -0.2) is 64.6 Å². The first-order valence-electron chi connectivity index (χ1n) is 10.0. The molecule has 0 radical (unpaired) electrons. The van der Waals surface area contributed by atoms with Gasteiger partial charge < -0.3 is 19.1 Å². The largest absolute Gasteiger partial charge is 0.496 e. The summed E-state index contributed by atoms with van der Waals surface area (Å²) in [5, 5.41) is 0. The summed E-state index contributed by atoms with van der Waals surface area (Å²) in [5.41, 5.74) is 1.13. The van der Waals surface area contributed by atoms with E-state index in [1.54, 1.807) is 44.2 Å². The first kappa shape index (κ1) is 23.6. The zero-order valence-corrected chi connectivity index (χ0v) is 19.2. The normalized spacial score (nSPS) is 15.7. The number of para-hydroxylation sites is 2. The Morgan fingerprint density at radius 2 is 1.91 bits per heavy atom. The van der Waals surface area contributed by atoms with E-state index in [4.69, 9.17) is 14.2 Å². The van der Waals surface area contributed by atoms with Crippen molar-refractivity contribution >= 4 is 27.6 Å². The van der Waals surface area contributed by atoms with Crippen LogP contribution in [0.25, 0.3) is 0 Å². The second-order valence-corrected chi connectivity index (χ2v) is 9.10. The molecule has 1 amide bonds. The number of hydrogen-bond donors (Lipinski definition) is 0. The first-order valence-corrected chi connectivity index (χ1v) is 11.5. The number of carbonyl (C=O) groups is 2. The van der Waals surface area contributed by atoms with Crippen molar-refractivity contribution in [2.24, 2.45) is 0 Å². The van der Waals surface area contributed by atoms with Gasteiger partial charge in [-0.25, -0.2) is 13.2 Å². The van der Waals surface area contributed by atoms with Crippen LogP contribution in [0.3, 0.4) is 0 Å². The second-order valence-electron chi connectivity index (χ2n) is 7.16. The summed E-state index contributed by atoms with van der Waals surface area (Å²) < 4.78 is 43.1. The van der Waals surface area contributed by atoms with E-state index in [1.165, 1.54) is 31.3 Å². The highest BCUT2D eigenvalue weighted by atomic mass is 32.2. The molecule has 10 heteroatoms. The Kier molecular flexibility index (Phi) is 7.05. The number of sulfonamides is 1. The SMILES string of the molecule is CCN(CC(=O)N1CC(C(=O)OC)Oc2ccccc21)S(=O)(=O)c1ccc(OC)c(C)c1. The van der Waals surface area contributed by atoms with Crippen LogP contribution in [0.1, 0.15) is 12.5 Å². The minimum absolute atomic E-state index is 0.0697. The summed E-state index contributed by atoms with van der Waals surface area (Å²) in [7, 11) is -1.19. The maximum atomic E-state index is 13.2. The van der Waals surface area contributed by atoms with Gasteiger partial charge in [-0.2, -0.15) is 4.31 Å². The van der Waals surface area contributed by atoms with Crippen molar-refractivity contribution in [1.82, 2.24) is 4.31 Å². The van der Waals surface area contributed by atoms with E-state index in [-0.39, 0.29) is 18.0 Å². The van der Waals surface area contributed by atoms with Crippen LogP contribution in [0.2, 0.25) is 0 Å². The fourth-order valence-electron chi connectivity index (χ4n) is 3.49. The van der Waals surface area contributed by atoms with Crippen molar-refractivity contribution in [3.63, 3.8) is 0 Å². The van der Waals surface area contributed by atoms with Crippen molar-refractivity contribution < 1.29 is 32.2 Å². The summed E-state index contributed by atoms with van der Waals surface area (Å²) in [4.78, 5) is 26.7. The van der Waals surface area contributed by atoms with Crippen molar-refractivity contribution in [2.45, 2.75) is 24.8 Å². The van der Waals surface area contributed by atoms with E-state index in [2.05, 4.69) is 0 Å².